The van der Waals surface area contributed by atoms with Crippen molar-refractivity contribution < 1.29 is 25.6 Å². The monoisotopic (exact) mass is 401 g/mol. The van der Waals surface area contributed by atoms with Gasteiger partial charge in [-0.1, -0.05) is 29.3 Å². The van der Waals surface area contributed by atoms with E-state index in [9.17, 15) is 0 Å². The maximum absolute atomic E-state index is 3.33. The molecule has 3 aromatic rings. The number of hydrogen-bond acceptors (Lipinski definition) is 0. The summed E-state index contributed by atoms with van der Waals surface area (Å²) in [6.07, 6.45) is 2.23. The van der Waals surface area contributed by atoms with Crippen molar-refractivity contribution in [3.8, 4) is 11.3 Å². The number of rotatable bonds is 0. The van der Waals surface area contributed by atoms with Crippen molar-refractivity contribution in [2.45, 2.75) is 6.54 Å². The van der Waals surface area contributed by atoms with Crippen LogP contribution in [0.25, 0.3) is 22.0 Å². The van der Waals surface area contributed by atoms with Crippen molar-refractivity contribution in [3.05, 3.63) is 66.4 Å². The second-order valence-electron chi connectivity index (χ2n) is 4.48. The van der Waals surface area contributed by atoms with Gasteiger partial charge in [0.2, 0.25) is 0 Å². The number of benzene rings is 2. The van der Waals surface area contributed by atoms with Crippen molar-refractivity contribution in [2.75, 3.05) is 0 Å². The van der Waals surface area contributed by atoms with Gasteiger partial charge in [0.25, 0.3) is 0 Å². The maximum Gasteiger partial charge on any atom is 0.176 e. The van der Waals surface area contributed by atoms with E-state index in [2.05, 4.69) is 59.3 Å². The zero-order valence-corrected chi connectivity index (χ0v) is 12.7. The van der Waals surface area contributed by atoms with E-state index in [1.165, 1.54) is 27.6 Å². The van der Waals surface area contributed by atoms with Gasteiger partial charge >= 0.3 is 0 Å². The quantitative estimate of drug-likeness (QED) is 0.315. The zero-order valence-electron chi connectivity index (χ0n) is 9.76. The molecule has 0 amide bonds. The summed E-state index contributed by atoms with van der Waals surface area (Å²) in [6, 6.07) is 20.3. The Balaban J connectivity index is 0.000001000. The van der Waals surface area contributed by atoms with Gasteiger partial charge < -0.3 is 0 Å². The summed E-state index contributed by atoms with van der Waals surface area (Å²) in [5.41, 5.74) is 3.91. The van der Waals surface area contributed by atoms with Crippen molar-refractivity contribution >= 4 is 10.8 Å². The molecule has 0 atom stereocenters. The largest absolute Gasteiger partial charge is 0.206 e. The van der Waals surface area contributed by atoms with Crippen LogP contribution in [0, 0.1) is 6.07 Å². The zero-order chi connectivity index (χ0) is 11.2. The molecule has 2 heteroatoms. The van der Waals surface area contributed by atoms with Crippen LogP contribution in [0.2, 0.25) is 0 Å². The molecule has 86 valence electrons. The van der Waals surface area contributed by atoms with Crippen LogP contribution >= 0.6 is 0 Å². The van der Waals surface area contributed by atoms with Crippen molar-refractivity contribution in [3.63, 3.8) is 0 Å². The molecule has 2 heterocycles. The maximum atomic E-state index is 3.33. The minimum Gasteiger partial charge on any atom is -0.206 e. The Hall–Kier alpha value is -1.46. The Labute approximate surface area is 120 Å². The number of hydrogen-bond donors (Lipinski definition) is 0. The van der Waals surface area contributed by atoms with Crippen LogP contribution in [0.5, 0.6) is 0 Å². The predicted molar refractivity (Wildman–Crippen MR) is 67.5 cm³/mol. The minimum atomic E-state index is 0. The molecule has 1 aromatic heterocycles. The Kier molecular flexibility index (Phi) is 2.80. The molecular weight excluding hydrogens is 390 g/mol. The SMILES string of the molecule is [W].[c-]1cccc2c1C[n+]1cc3ccccc3cc1-2. The van der Waals surface area contributed by atoms with Gasteiger partial charge in [0.15, 0.2) is 18.4 Å². The number of nitrogens with zero attached hydrogens (tertiary/aromatic N) is 1. The molecule has 18 heavy (non-hydrogen) atoms. The van der Waals surface area contributed by atoms with Gasteiger partial charge in [0.05, 0.1) is 0 Å². The van der Waals surface area contributed by atoms with Crippen molar-refractivity contribution in [1.29, 1.82) is 0 Å². The molecule has 1 nitrogen and oxygen atoms in total. The first-order valence-corrected chi connectivity index (χ1v) is 5.84. The Bertz CT molecular complexity index is 734. The van der Waals surface area contributed by atoms with Crippen molar-refractivity contribution in [1.82, 2.24) is 0 Å². The summed E-state index contributed by atoms with van der Waals surface area (Å²) >= 11 is 0. The van der Waals surface area contributed by atoms with Crippen LogP contribution in [0.1, 0.15) is 5.56 Å². The molecule has 2 aromatic carbocycles. The number of aromatic nitrogens is 1. The molecule has 0 fully saturated rings. The van der Waals surface area contributed by atoms with Crippen LogP contribution in [0.15, 0.2) is 54.7 Å². The van der Waals surface area contributed by atoms with E-state index in [0.717, 1.165) is 6.54 Å². The first-order chi connectivity index (χ1) is 8.42. The molecule has 0 saturated carbocycles. The third-order valence-electron chi connectivity index (χ3n) is 3.44. The summed E-state index contributed by atoms with van der Waals surface area (Å²) in [5.74, 6) is 0. The fourth-order valence-electron chi connectivity index (χ4n) is 2.60. The molecule has 0 N–H and O–H groups in total. The first-order valence-electron chi connectivity index (χ1n) is 5.84. The molecular formula is C16H11NW. The van der Waals surface area contributed by atoms with E-state index < -0.39 is 0 Å². The molecule has 0 saturated heterocycles. The second-order valence-corrected chi connectivity index (χ2v) is 4.48. The Morgan fingerprint density at radius 2 is 1.83 bits per heavy atom. The van der Waals surface area contributed by atoms with Gasteiger partial charge in [-0.2, -0.15) is 24.3 Å². The standard InChI is InChI=1S/C16H11N.W/c1-2-6-13-10-17-11-14-7-3-4-8-15(14)16(17)9-12(13)5-1;/h1-6,8-10H,11H2;. The summed E-state index contributed by atoms with van der Waals surface area (Å²) in [5, 5.41) is 2.60. The topological polar surface area (TPSA) is 3.88 Å². The average Bonchev–Trinajstić information content (AvgIpc) is 2.73. The Morgan fingerprint density at radius 1 is 1.00 bits per heavy atom. The van der Waals surface area contributed by atoms with E-state index in [1.807, 2.05) is 6.07 Å². The third-order valence-corrected chi connectivity index (χ3v) is 3.44. The predicted octanol–water partition coefficient (Wildman–Crippen LogP) is 2.95. The minimum absolute atomic E-state index is 0. The molecule has 1 aliphatic heterocycles. The fraction of sp³-hybridized carbons (Fsp3) is 0.0625. The van der Waals surface area contributed by atoms with E-state index >= 15 is 0 Å². The average molecular weight is 401 g/mol. The number of fused-ring (bicyclic) bond motifs is 4. The van der Waals surface area contributed by atoms with Gasteiger partial charge in [0.1, 0.15) is 0 Å². The molecule has 0 bridgehead atoms. The summed E-state index contributed by atoms with van der Waals surface area (Å²) in [6.45, 7) is 0.941. The van der Waals surface area contributed by atoms with Crippen LogP contribution < -0.4 is 4.57 Å². The summed E-state index contributed by atoms with van der Waals surface area (Å²) in [4.78, 5) is 0. The van der Waals surface area contributed by atoms with Crippen LogP contribution in [-0.2, 0) is 27.6 Å². The molecule has 0 radical (unpaired) electrons. The van der Waals surface area contributed by atoms with Crippen LogP contribution in [0.4, 0.5) is 0 Å². The van der Waals surface area contributed by atoms with Gasteiger partial charge in [-0.25, -0.2) is 4.57 Å². The van der Waals surface area contributed by atoms with Gasteiger partial charge in [0, 0.05) is 32.5 Å². The normalized spacial score (nSPS) is 11.8. The van der Waals surface area contributed by atoms with E-state index in [1.54, 1.807) is 0 Å². The summed E-state index contributed by atoms with van der Waals surface area (Å²) in [7, 11) is 0. The fourth-order valence-corrected chi connectivity index (χ4v) is 2.60. The smallest absolute Gasteiger partial charge is 0.176 e. The second kappa shape index (κ2) is 4.33. The molecule has 0 unspecified atom stereocenters. The van der Waals surface area contributed by atoms with E-state index in [0.29, 0.717) is 0 Å². The van der Waals surface area contributed by atoms with E-state index in [-0.39, 0.29) is 21.1 Å². The van der Waals surface area contributed by atoms with Gasteiger partial charge in [-0.05, 0) is 11.5 Å². The van der Waals surface area contributed by atoms with Gasteiger partial charge in [-0.15, -0.1) is 0 Å². The first kappa shape index (κ1) is 11.6. The summed E-state index contributed by atoms with van der Waals surface area (Å²) < 4.78 is 2.31. The van der Waals surface area contributed by atoms with Crippen molar-refractivity contribution in [2.24, 2.45) is 0 Å². The molecule has 1 aliphatic rings. The number of pyridine rings is 1. The molecule has 0 spiro atoms. The van der Waals surface area contributed by atoms with Crippen LogP contribution in [0.3, 0.4) is 0 Å². The Morgan fingerprint density at radius 3 is 2.72 bits per heavy atom. The molecule has 4 rings (SSSR count). The molecule has 0 aliphatic carbocycles. The van der Waals surface area contributed by atoms with Crippen LogP contribution in [-0.4, -0.2) is 0 Å². The van der Waals surface area contributed by atoms with Gasteiger partial charge in [-0.3, -0.25) is 0 Å². The third kappa shape index (κ3) is 1.62. The van der Waals surface area contributed by atoms with E-state index in [4.69, 9.17) is 0 Å².